The summed E-state index contributed by atoms with van der Waals surface area (Å²) in [5, 5.41) is 11.9. The van der Waals surface area contributed by atoms with E-state index in [1.54, 1.807) is 13.3 Å². The van der Waals surface area contributed by atoms with Crippen molar-refractivity contribution in [3.05, 3.63) is 41.6 Å². The molecule has 1 aromatic rings. The van der Waals surface area contributed by atoms with Crippen LogP contribution in [0.5, 0.6) is 5.75 Å². The number of amides is 1. The fourth-order valence-electron chi connectivity index (χ4n) is 2.21. The summed E-state index contributed by atoms with van der Waals surface area (Å²) in [6.45, 7) is 2.22. The molecule has 2 rings (SSSR count). The van der Waals surface area contributed by atoms with Crippen molar-refractivity contribution in [3.63, 3.8) is 0 Å². The van der Waals surface area contributed by atoms with Crippen molar-refractivity contribution >= 4 is 5.91 Å². The summed E-state index contributed by atoms with van der Waals surface area (Å²) in [6, 6.07) is 9.42. The molecule has 0 unspecified atom stereocenters. The second-order valence-corrected chi connectivity index (χ2v) is 4.93. The molecule has 110 valence electrons. The second-order valence-electron chi connectivity index (χ2n) is 4.93. The SMILES string of the molecule is COc1ccc(CNC(=O)/C(C#N)=C\N2CCCC2)cc1. The van der Waals surface area contributed by atoms with Gasteiger partial charge in [-0.1, -0.05) is 12.1 Å². The van der Waals surface area contributed by atoms with E-state index < -0.39 is 0 Å². The van der Waals surface area contributed by atoms with Crippen LogP contribution in [0.1, 0.15) is 18.4 Å². The summed E-state index contributed by atoms with van der Waals surface area (Å²) in [4.78, 5) is 14.0. The van der Waals surface area contributed by atoms with Gasteiger partial charge in [-0.05, 0) is 30.5 Å². The lowest BCUT2D eigenvalue weighted by Gasteiger charge is -2.12. The van der Waals surface area contributed by atoms with Gasteiger partial charge in [0.1, 0.15) is 17.4 Å². The Bertz CT molecular complexity index is 552. The summed E-state index contributed by atoms with van der Waals surface area (Å²) < 4.78 is 5.08. The topological polar surface area (TPSA) is 65.4 Å². The third kappa shape index (κ3) is 4.25. The number of nitrogens with one attached hydrogen (secondary N) is 1. The Balaban J connectivity index is 1.91. The van der Waals surface area contributed by atoms with Crippen molar-refractivity contribution in [2.24, 2.45) is 0 Å². The summed E-state index contributed by atoms with van der Waals surface area (Å²) in [7, 11) is 1.61. The van der Waals surface area contributed by atoms with Gasteiger partial charge < -0.3 is 15.0 Å². The quantitative estimate of drug-likeness (QED) is 0.662. The first-order chi connectivity index (χ1) is 10.2. The number of rotatable bonds is 5. The molecule has 0 saturated carbocycles. The molecule has 21 heavy (non-hydrogen) atoms. The van der Waals surface area contributed by atoms with Gasteiger partial charge in [0.05, 0.1) is 7.11 Å². The Kier molecular flexibility index (Phi) is 5.22. The van der Waals surface area contributed by atoms with Gasteiger partial charge in [0.25, 0.3) is 5.91 Å². The monoisotopic (exact) mass is 285 g/mol. The van der Waals surface area contributed by atoms with Gasteiger partial charge in [0.15, 0.2) is 0 Å². The van der Waals surface area contributed by atoms with Crippen LogP contribution >= 0.6 is 0 Å². The maximum atomic E-state index is 12.0. The van der Waals surface area contributed by atoms with Crippen LogP contribution in [-0.4, -0.2) is 31.0 Å². The van der Waals surface area contributed by atoms with E-state index in [0.29, 0.717) is 6.54 Å². The smallest absolute Gasteiger partial charge is 0.263 e. The van der Waals surface area contributed by atoms with Crippen LogP contribution in [0.4, 0.5) is 0 Å². The van der Waals surface area contributed by atoms with E-state index in [0.717, 1.165) is 37.2 Å². The fourth-order valence-corrected chi connectivity index (χ4v) is 2.21. The molecule has 0 spiro atoms. The molecule has 5 heteroatoms. The highest BCUT2D eigenvalue weighted by Gasteiger charge is 2.13. The van der Waals surface area contributed by atoms with E-state index in [2.05, 4.69) is 5.32 Å². The molecule has 1 amide bonds. The molecule has 1 fully saturated rings. The lowest BCUT2D eigenvalue weighted by molar-refractivity contribution is -0.117. The first-order valence-electron chi connectivity index (χ1n) is 7.00. The predicted octanol–water partition coefficient (Wildman–Crippen LogP) is 1.81. The van der Waals surface area contributed by atoms with Gasteiger partial charge in [-0.3, -0.25) is 4.79 Å². The minimum Gasteiger partial charge on any atom is -0.497 e. The van der Waals surface area contributed by atoms with E-state index in [4.69, 9.17) is 10.00 Å². The maximum absolute atomic E-state index is 12.0. The largest absolute Gasteiger partial charge is 0.497 e. The van der Waals surface area contributed by atoms with Crippen molar-refractivity contribution in [2.75, 3.05) is 20.2 Å². The lowest BCUT2D eigenvalue weighted by atomic mass is 10.2. The van der Waals surface area contributed by atoms with E-state index in [9.17, 15) is 4.79 Å². The Morgan fingerprint density at radius 1 is 1.38 bits per heavy atom. The molecular formula is C16H19N3O2. The van der Waals surface area contributed by atoms with Gasteiger partial charge in [-0.25, -0.2) is 0 Å². The summed E-state index contributed by atoms with van der Waals surface area (Å²) >= 11 is 0. The highest BCUT2D eigenvalue weighted by molar-refractivity contribution is 5.97. The zero-order chi connectivity index (χ0) is 15.1. The number of nitriles is 1. The minimum absolute atomic E-state index is 0.158. The number of hydrogen-bond acceptors (Lipinski definition) is 4. The number of hydrogen-bond donors (Lipinski definition) is 1. The lowest BCUT2D eigenvalue weighted by Crippen LogP contribution is -2.25. The zero-order valence-electron chi connectivity index (χ0n) is 12.1. The third-order valence-corrected chi connectivity index (χ3v) is 3.43. The standard InChI is InChI=1S/C16H19N3O2/c1-21-15-6-4-13(5-7-15)11-18-16(20)14(10-17)12-19-8-2-3-9-19/h4-7,12H,2-3,8-9,11H2,1H3,(H,18,20)/b14-12-. The molecule has 1 N–H and O–H groups in total. The zero-order valence-corrected chi connectivity index (χ0v) is 12.1. The first-order valence-corrected chi connectivity index (χ1v) is 7.00. The third-order valence-electron chi connectivity index (χ3n) is 3.43. The molecule has 0 aromatic heterocycles. The van der Waals surface area contributed by atoms with Crippen LogP contribution < -0.4 is 10.1 Å². The number of methoxy groups -OCH3 is 1. The number of carbonyl (C=O) groups is 1. The summed E-state index contributed by atoms with van der Waals surface area (Å²) in [6.07, 6.45) is 3.89. The summed E-state index contributed by atoms with van der Waals surface area (Å²) in [5.74, 6) is 0.442. The van der Waals surface area contributed by atoms with Crippen LogP contribution in [-0.2, 0) is 11.3 Å². The Labute approximate surface area is 124 Å². The molecule has 1 aliphatic rings. The number of likely N-dealkylation sites (tertiary alicyclic amines) is 1. The van der Waals surface area contributed by atoms with E-state index in [-0.39, 0.29) is 11.5 Å². The Morgan fingerprint density at radius 3 is 2.62 bits per heavy atom. The molecule has 0 bridgehead atoms. The molecular weight excluding hydrogens is 266 g/mol. The predicted molar refractivity (Wildman–Crippen MR) is 79.3 cm³/mol. The van der Waals surface area contributed by atoms with Crippen molar-refractivity contribution in [2.45, 2.75) is 19.4 Å². The molecule has 1 aliphatic heterocycles. The van der Waals surface area contributed by atoms with Crippen LogP contribution in [0.25, 0.3) is 0 Å². The molecule has 5 nitrogen and oxygen atoms in total. The van der Waals surface area contributed by atoms with Crippen LogP contribution in [0.2, 0.25) is 0 Å². The van der Waals surface area contributed by atoms with Gasteiger partial charge in [-0.2, -0.15) is 5.26 Å². The van der Waals surface area contributed by atoms with E-state index >= 15 is 0 Å². The first kappa shape index (κ1) is 14.9. The highest BCUT2D eigenvalue weighted by atomic mass is 16.5. The number of benzene rings is 1. The number of ether oxygens (including phenoxy) is 1. The van der Waals surface area contributed by atoms with Gasteiger partial charge in [-0.15, -0.1) is 0 Å². The van der Waals surface area contributed by atoms with E-state index in [1.165, 1.54) is 0 Å². The number of nitrogens with zero attached hydrogens (tertiary/aromatic N) is 2. The van der Waals surface area contributed by atoms with Crippen molar-refractivity contribution < 1.29 is 9.53 Å². The van der Waals surface area contributed by atoms with Crippen LogP contribution in [0.3, 0.4) is 0 Å². The van der Waals surface area contributed by atoms with Gasteiger partial charge in [0, 0.05) is 25.8 Å². The second kappa shape index (κ2) is 7.34. The van der Waals surface area contributed by atoms with Gasteiger partial charge >= 0.3 is 0 Å². The average molecular weight is 285 g/mol. The normalized spacial score (nSPS) is 14.7. The fraction of sp³-hybridized carbons (Fsp3) is 0.375. The van der Waals surface area contributed by atoms with Crippen molar-refractivity contribution in [3.8, 4) is 11.8 Å². The highest BCUT2D eigenvalue weighted by Crippen LogP contribution is 2.12. The Hall–Kier alpha value is -2.48. The molecule has 1 saturated heterocycles. The minimum atomic E-state index is -0.333. The summed E-state index contributed by atoms with van der Waals surface area (Å²) in [5.41, 5.74) is 1.12. The van der Waals surface area contributed by atoms with Crippen LogP contribution in [0, 0.1) is 11.3 Å². The molecule has 1 heterocycles. The molecule has 1 aromatic carbocycles. The Morgan fingerprint density at radius 2 is 2.05 bits per heavy atom. The number of carbonyl (C=O) groups excluding carboxylic acids is 1. The van der Waals surface area contributed by atoms with E-state index in [1.807, 2.05) is 35.2 Å². The molecule has 0 radical (unpaired) electrons. The van der Waals surface area contributed by atoms with Gasteiger partial charge in [0.2, 0.25) is 0 Å². The van der Waals surface area contributed by atoms with Crippen molar-refractivity contribution in [1.29, 1.82) is 5.26 Å². The van der Waals surface area contributed by atoms with Crippen molar-refractivity contribution in [1.82, 2.24) is 10.2 Å². The average Bonchev–Trinajstić information content (AvgIpc) is 3.03. The molecule has 0 aliphatic carbocycles. The molecule has 0 atom stereocenters. The van der Waals surface area contributed by atoms with Crippen LogP contribution in [0.15, 0.2) is 36.0 Å². The maximum Gasteiger partial charge on any atom is 0.263 e.